The van der Waals surface area contributed by atoms with E-state index < -0.39 is 6.10 Å². The molecule has 1 aliphatic heterocycles. The Morgan fingerprint density at radius 1 is 1.41 bits per heavy atom. The fourth-order valence-electron chi connectivity index (χ4n) is 2.86. The second-order valence-corrected chi connectivity index (χ2v) is 6.13. The fourth-order valence-corrected chi connectivity index (χ4v) is 2.86. The molecule has 1 N–H and O–H groups in total. The van der Waals surface area contributed by atoms with E-state index in [1.165, 1.54) is 6.42 Å². The standard InChI is InChI=1S/C17H22N2O3/c1-11-17(21)19(2)14-10-12(6-7-15(14)22-11)8-9-18-16(20)13-4-3-5-13/h6-7,10-11,13H,3-5,8-9H2,1-2H3,(H,18,20). The van der Waals surface area contributed by atoms with Crippen molar-refractivity contribution in [3.8, 4) is 5.75 Å². The third-order valence-corrected chi connectivity index (χ3v) is 4.56. The lowest BCUT2D eigenvalue weighted by Gasteiger charge is -2.30. The Kier molecular flexibility index (Phi) is 4.05. The lowest BCUT2D eigenvalue weighted by molar-refractivity contribution is -0.127. The maximum atomic E-state index is 12.0. The van der Waals surface area contributed by atoms with E-state index in [9.17, 15) is 9.59 Å². The van der Waals surface area contributed by atoms with E-state index in [1.807, 2.05) is 18.2 Å². The van der Waals surface area contributed by atoms with Gasteiger partial charge in [0, 0.05) is 19.5 Å². The zero-order valence-electron chi connectivity index (χ0n) is 13.1. The van der Waals surface area contributed by atoms with E-state index in [2.05, 4.69) is 5.32 Å². The summed E-state index contributed by atoms with van der Waals surface area (Å²) in [4.78, 5) is 25.4. The fraction of sp³-hybridized carbons (Fsp3) is 0.529. The Morgan fingerprint density at radius 3 is 2.86 bits per heavy atom. The molecule has 1 heterocycles. The minimum atomic E-state index is -0.440. The Balaban J connectivity index is 1.61. The van der Waals surface area contributed by atoms with Gasteiger partial charge in [-0.1, -0.05) is 12.5 Å². The maximum absolute atomic E-state index is 12.0. The second-order valence-electron chi connectivity index (χ2n) is 6.13. The summed E-state index contributed by atoms with van der Waals surface area (Å²) in [6, 6.07) is 5.86. The van der Waals surface area contributed by atoms with Crippen LogP contribution < -0.4 is 15.0 Å². The van der Waals surface area contributed by atoms with Crippen molar-refractivity contribution in [2.75, 3.05) is 18.5 Å². The summed E-state index contributed by atoms with van der Waals surface area (Å²) in [5, 5.41) is 2.99. The number of nitrogens with one attached hydrogen (secondary N) is 1. The molecule has 1 saturated carbocycles. The van der Waals surface area contributed by atoms with Crippen LogP contribution in [-0.2, 0) is 16.0 Å². The molecule has 0 aromatic heterocycles. The lowest BCUT2D eigenvalue weighted by atomic mass is 9.85. The monoisotopic (exact) mass is 302 g/mol. The molecule has 1 aromatic rings. The van der Waals surface area contributed by atoms with Crippen LogP contribution in [0.25, 0.3) is 0 Å². The van der Waals surface area contributed by atoms with Crippen LogP contribution in [0.4, 0.5) is 5.69 Å². The molecule has 22 heavy (non-hydrogen) atoms. The van der Waals surface area contributed by atoms with Gasteiger partial charge in [0.15, 0.2) is 6.10 Å². The van der Waals surface area contributed by atoms with E-state index >= 15 is 0 Å². The molecule has 1 aliphatic carbocycles. The Labute approximate surface area is 130 Å². The summed E-state index contributed by atoms with van der Waals surface area (Å²) in [6.45, 7) is 2.38. The van der Waals surface area contributed by atoms with Crippen molar-refractivity contribution in [1.29, 1.82) is 0 Å². The highest BCUT2D eigenvalue weighted by Gasteiger charge is 2.29. The number of carbonyl (C=O) groups excluding carboxylic acids is 2. The molecular weight excluding hydrogens is 280 g/mol. The molecule has 1 unspecified atom stereocenters. The van der Waals surface area contributed by atoms with Crippen molar-refractivity contribution in [2.24, 2.45) is 5.92 Å². The third kappa shape index (κ3) is 2.80. The smallest absolute Gasteiger partial charge is 0.267 e. The van der Waals surface area contributed by atoms with Gasteiger partial charge < -0.3 is 15.0 Å². The summed E-state index contributed by atoms with van der Waals surface area (Å²) < 4.78 is 5.60. The summed E-state index contributed by atoms with van der Waals surface area (Å²) in [6.07, 6.45) is 3.52. The molecule has 0 spiro atoms. The van der Waals surface area contributed by atoms with Crippen LogP contribution in [0.15, 0.2) is 18.2 Å². The number of likely N-dealkylation sites (N-methyl/N-ethyl adjacent to an activating group) is 1. The van der Waals surface area contributed by atoms with E-state index in [1.54, 1.807) is 18.9 Å². The highest BCUT2D eigenvalue weighted by molar-refractivity contribution is 5.99. The summed E-state index contributed by atoms with van der Waals surface area (Å²) in [5.74, 6) is 1.09. The minimum absolute atomic E-state index is 0.0389. The van der Waals surface area contributed by atoms with Crippen molar-refractivity contribution in [1.82, 2.24) is 5.32 Å². The summed E-state index contributed by atoms with van der Waals surface area (Å²) >= 11 is 0. The van der Waals surface area contributed by atoms with Gasteiger partial charge in [0.2, 0.25) is 5.91 Å². The highest BCUT2D eigenvalue weighted by Crippen LogP contribution is 2.34. The number of benzene rings is 1. The van der Waals surface area contributed by atoms with Crippen molar-refractivity contribution in [3.63, 3.8) is 0 Å². The van der Waals surface area contributed by atoms with E-state index in [0.29, 0.717) is 6.54 Å². The largest absolute Gasteiger partial charge is 0.479 e. The molecule has 118 valence electrons. The molecule has 5 heteroatoms. The first kappa shape index (κ1) is 14.9. The average Bonchev–Trinajstić information content (AvgIpc) is 2.44. The van der Waals surface area contributed by atoms with Gasteiger partial charge >= 0.3 is 0 Å². The van der Waals surface area contributed by atoms with Crippen LogP contribution in [-0.4, -0.2) is 31.5 Å². The number of anilines is 1. The zero-order chi connectivity index (χ0) is 15.7. The second kappa shape index (κ2) is 5.99. The van der Waals surface area contributed by atoms with Gasteiger partial charge in [-0.05, 0) is 43.9 Å². The van der Waals surface area contributed by atoms with Crippen LogP contribution in [0, 0.1) is 5.92 Å². The van der Waals surface area contributed by atoms with E-state index in [-0.39, 0.29) is 17.7 Å². The number of hydrogen-bond acceptors (Lipinski definition) is 3. The average molecular weight is 302 g/mol. The SMILES string of the molecule is CC1Oc2ccc(CCNC(=O)C3CCC3)cc2N(C)C1=O. The van der Waals surface area contributed by atoms with Crippen molar-refractivity contribution in [2.45, 2.75) is 38.7 Å². The molecule has 0 radical (unpaired) electrons. The Morgan fingerprint density at radius 2 is 2.18 bits per heavy atom. The number of amides is 2. The number of rotatable bonds is 4. The molecule has 2 aliphatic rings. The molecular formula is C17H22N2O3. The van der Waals surface area contributed by atoms with Gasteiger partial charge in [0.05, 0.1) is 5.69 Å². The summed E-state index contributed by atoms with van der Waals surface area (Å²) in [7, 11) is 1.77. The molecule has 1 fully saturated rings. The van der Waals surface area contributed by atoms with Gasteiger partial charge in [-0.15, -0.1) is 0 Å². The van der Waals surface area contributed by atoms with Crippen molar-refractivity contribution >= 4 is 17.5 Å². The molecule has 1 atom stereocenters. The zero-order valence-corrected chi connectivity index (χ0v) is 13.1. The lowest BCUT2D eigenvalue weighted by Crippen LogP contribution is -2.42. The first-order valence-electron chi connectivity index (χ1n) is 7.91. The van der Waals surface area contributed by atoms with Crippen molar-refractivity contribution < 1.29 is 14.3 Å². The number of nitrogens with zero attached hydrogens (tertiary/aromatic N) is 1. The third-order valence-electron chi connectivity index (χ3n) is 4.56. The van der Waals surface area contributed by atoms with Crippen LogP contribution in [0.1, 0.15) is 31.7 Å². The van der Waals surface area contributed by atoms with E-state index in [4.69, 9.17) is 4.74 Å². The van der Waals surface area contributed by atoms with Crippen LogP contribution >= 0.6 is 0 Å². The predicted octanol–water partition coefficient (Wildman–Crippen LogP) is 1.89. The van der Waals surface area contributed by atoms with Crippen LogP contribution in [0.3, 0.4) is 0 Å². The first-order valence-corrected chi connectivity index (χ1v) is 7.91. The normalized spacial score (nSPS) is 20.9. The number of ether oxygens (including phenoxy) is 1. The molecule has 1 aromatic carbocycles. The molecule has 2 amide bonds. The number of fused-ring (bicyclic) bond motifs is 1. The summed E-state index contributed by atoms with van der Waals surface area (Å²) in [5.41, 5.74) is 1.89. The number of hydrogen-bond donors (Lipinski definition) is 1. The topological polar surface area (TPSA) is 58.6 Å². The van der Waals surface area contributed by atoms with Gasteiger partial charge in [0.1, 0.15) is 5.75 Å². The van der Waals surface area contributed by atoms with Crippen LogP contribution in [0.5, 0.6) is 5.75 Å². The molecule has 0 bridgehead atoms. The molecule has 3 rings (SSSR count). The van der Waals surface area contributed by atoms with Gasteiger partial charge in [-0.2, -0.15) is 0 Å². The number of carbonyl (C=O) groups is 2. The highest BCUT2D eigenvalue weighted by atomic mass is 16.5. The van der Waals surface area contributed by atoms with Gasteiger partial charge in [-0.25, -0.2) is 0 Å². The first-order chi connectivity index (χ1) is 10.6. The quantitative estimate of drug-likeness (QED) is 0.924. The van der Waals surface area contributed by atoms with Gasteiger partial charge in [0.25, 0.3) is 5.91 Å². The molecule has 5 nitrogen and oxygen atoms in total. The van der Waals surface area contributed by atoms with E-state index in [0.717, 1.165) is 36.3 Å². The minimum Gasteiger partial charge on any atom is -0.479 e. The Bertz CT molecular complexity index is 596. The predicted molar refractivity (Wildman–Crippen MR) is 84.0 cm³/mol. The van der Waals surface area contributed by atoms with Crippen LogP contribution in [0.2, 0.25) is 0 Å². The van der Waals surface area contributed by atoms with Gasteiger partial charge in [-0.3, -0.25) is 9.59 Å². The molecule has 0 saturated heterocycles. The van der Waals surface area contributed by atoms with Crippen molar-refractivity contribution in [3.05, 3.63) is 23.8 Å². The maximum Gasteiger partial charge on any atom is 0.267 e. The Hall–Kier alpha value is -2.04.